The summed E-state index contributed by atoms with van der Waals surface area (Å²) in [5, 5.41) is 4.60. The largest absolute Gasteiger partial charge is 0.343 e. The highest BCUT2D eigenvalue weighted by Gasteiger charge is 2.45. The van der Waals surface area contributed by atoms with Crippen LogP contribution in [0.4, 0.5) is 4.79 Å². The van der Waals surface area contributed by atoms with E-state index < -0.39 is 18.0 Å². The molecule has 8 nitrogen and oxygen atoms in total. The first-order valence-corrected chi connectivity index (χ1v) is 9.65. The highest BCUT2D eigenvalue weighted by molar-refractivity contribution is 6.05. The molecule has 3 aliphatic heterocycles. The zero-order valence-corrected chi connectivity index (χ0v) is 15.6. The van der Waals surface area contributed by atoms with Gasteiger partial charge in [0.2, 0.25) is 11.8 Å². The Hall–Kier alpha value is -2.90. The van der Waals surface area contributed by atoms with Crippen molar-refractivity contribution < 1.29 is 19.2 Å². The van der Waals surface area contributed by atoms with Gasteiger partial charge in [-0.15, -0.1) is 0 Å². The summed E-state index contributed by atoms with van der Waals surface area (Å²) in [4.78, 5) is 51.5. The third-order valence-corrected chi connectivity index (χ3v) is 6.04. The second-order valence-electron chi connectivity index (χ2n) is 8.01. The summed E-state index contributed by atoms with van der Waals surface area (Å²) < 4.78 is 0. The van der Waals surface area contributed by atoms with E-state index in [1.165, 1.54) is 0 Å². The summed E-state index contributed by atoms with van der Waals surface area (Å²) in [5.74, 6) is -0.415. The molecule has 0 unspecified atom stereocenters. The lowest BCUT2D eigenvalue weighted by molar-refractivity contribution is -0.135. The number of urea groups is 1. The van der Waals surface area contributed by atoms with Gasteiger partial charge in [-0.25, -0.2) is 4.79 Å². The molecule has 28 heavy (non-hydrogen) atoms. The number of hydrogen-bond acceptors (Lipinski definition) is 4. The van der Waals surface area contributed by atoms with Crippen LogP contribution in [-0.2, 0) is 20.9 Å². The van der Waals surface area contributed by atoms with Gasteiger partial charge in [0.1, 0.15) is 6.04 Å². The lowest BCUT2D eigenvalue weighted by atomic mass is 9.77. The number of likely N-dealkylation sites (tertiary alicyclic amines) is 2. The third-order valence-electron chi connectivity index (χ3n) is 6.04. The van der Waals surface area contributed by atoms with E-state index in [0.29, 0.717) is 26.1 Å². The summed E-state index contributed by atoms with van der Waals surface area (Å²) in [6.45, 7) is 2.51. The maximum Gasteiger partial charge on any atom is 0.322 e. The van der Waals surface area contributed by atoms with Crippen LogP contribution in [0.25, 0.3) is 0 Å². The van der Waals surface area contributed by atoms with E-state index in [1.54, 1.807) is 4.90 Å². The van der Waals surface area contributed by atoms with Gasteiger partial charge in [-0.3, -0.25) is 19.7 Å². The van der Waals surface area contributed by atoms with Crippen molar-refractivity contribution in [2.45, 2.75) is 38.3 Å². The van der Waals surface area contributed by atoms with Crippen LogP contribution in [0.15, 0.2) is 30.3 Å². The van der Waals surface area contributed by atoms with Crippen molar-refractivity contribution in [1.82, 2.24) is 20.4 Å². The van der Waals surface area contributed by atoms with Gasteiger partial charge in [-0.1, -0.05) is 30.3 Å². The average molecular weight is 384 g/mol. The molecule has 0 saturated carbocycles. The number of hydrogen-bond donors (Lipinski definition) is 2. The standard InChI is InChI=1S/C20H24N4O4/c25-16(10-15-18(27)22-19(28)21-15)23-8-6-20(7-9-23)11-17(26)24(13-20)12-14-4-2-1-3-5-14/h1-5,15H,6-13H2,(H2,21,22,27,28)/t15-/m1/s1. The van der Waals surface area contributed by atoms with E-state index in [-0.39, 0.29) is 23.7 Å². The molecule has 3 fully saturated rings. The van der Waals surface area contributed by atoms with Gasteiger partial charge in [0.05, 0.1) is 6.42 Å². The zero-order chi connectivity index (χ0) is 19.7. The molecule has 3 saturated heterocycles. The molecular formula is C20H24N4O4. The number of benzene rings is 1. The van der Waals surface area contributed by atoms with E-state index in [0.717, 1.165) is 24.9 Å². The van der Waals surface area contributed by atoms with Gasteiger partial charge in [0, 0.05) is 38.0 Å². The van der Waals surface area contributed by atoms with Crippen LogP contribution in [0, 0.1) is 5.41 Å². The van der Waals surface area contributed by atoms with E-state index >= 15 is 0 Å². The summed E-state index contributed by atoms with van der Waals surface area (Å²) in [6.07, 6.45) is 2.06. The van der Waals surface area contributed by atoms with Crippen molar-refractivity contribution in [2.75, 3.05) is 19.6 Å². The van der Waals surface area contributed by atoms with Crippen LogP contribution >= 0.6 is 0 Å². The molecule has 2 N–H and O–H groups in total. The van der Waals surface area contributed by atoms with Gasteiger partial charge < -0.3 is 15.1 Å². The molecule has 8 heteroatoms. The van der Waals surface area contributed by atoms with Crippen molar-refractivity contribution in [3.05, 3.63) is 35.9 Å². The van der Waals surface area contributed by atoms with Gasteiger partial charge >= 0.3 is 6.03 Å². The molecule has 0 radical (unpaired) electrons. The van der Waals surface area contributed by atoms with Crippen LogP contribution in [0.5, 0.6) is 0 Å². The Morgan fingerprint density at radius 1 is 1.11 bits per heavy atom. The number of piperidine rings is 1. The SMILES string of the molecule is O=C1NC(=O)[C@@H](CC(=O)N2CCC3(CC2)CC(=O)N(Cc2ccccc2)C3)N1. The Morgan fingerprint density at radius 2 is 1.82 bits per heavy atom. The number of imide groups is 1. The lowest BCUT2D eigenvalue weighted by Gasteiger charge is -2.39. The fourth-order valence-corrected chi connectivity index (χ4v) is 4.40. The number of nitrogens with one attached hydrogen (secondary N) is 2. The van der Waals surface area contributed by atoms with E-state index in [4.69, 9.17) is 0 Å². The van der Waals surface area contributed by atoms with Crippen LogP contribution in [-0.4, -0.2) is 59.2 Å². The summed E-state index contributed by atoms with van der Waals surface area (Å²) in [6, 6.07) is 8.62. The Bertz CT molecular complexity index is 802. The minimum Gasteiger partial charge on any atom is -0.343 e. The molecule has 0 bridgehead atoms. The van der Waals surface area contributed by atoms with Crippen LogP contribution in [0.2, 0.25) is 0 Å². The molecule has 1 atom stereocenters. The summed E-state index contributed by atoms with van der Waals surface area (Å²) in [5.41, 5.74) is 1.05. The maximum absolute atomic E-state index is 12.5. The highest BCUT2D eigenvalue weighted by Crippen LogP contribution is 2.41. The first-order chi connectivity index (χ1) is 13.4. The van der Waals surface area contributed by atoms with Gasteiger partial charge in [-0.05, 0) is 18.4 Å². The fraction of sp³-hybridized carbons (Fsp3) is 0.500. The predicted molar refractivity (Wildman–Crippen MR) is 99.8 cm³/mol. The molecule has 148 valence electrons. The molecule has 4 rings (SSSR count). The van der Waals surface area contributed by atoms with E-state index in [1.807, 2.05) is 35.2 Å². The van der Waals surface area contributed by atoms with Gasteiger partial charge in [-0.2, -0.15) is 0 Å². The quantitative estimate of drug-likeness (QED) is 0.744. The Morgan fingerprint density at radius 3 is 2.46 bits per heavy atom. The molecule has 1 aromatic rings. The first-order valence-electron chi connectivity index (χ1n) is 9.65. The predicted octanol–water partition coefficient (Wildman–Crippen LogP) is 0.626. The number of rotatable bonds is 4. The van der Waals surface area contributed by atoms with Crippen molar-refractivity contribution >= 4 is 23.8 Å². The number of carbonyl (C=O) groups is 4. The first kappa shape index (κ1) is 18.5. The Labute approximate surface area is 163 Å². The van der Waals surface area contributed by atoms with Crippen molar-refractivity contribution in [1.29, 1.82) is 0 Å². The highest BCUT2D eigenvalue weighted by atomic mass is 16.2. The molecule has 3 heterocycles. The van der Waals surface area contributed by atoms with Gasteiger partial charge in [0.25, 0.3) is 5.91 Å². The molecule has 1 aromatic carbocycles. The molecule has 5 amide bonds. The number of amides is 5. The topological polar surface area (TPSA) is 98.8 Å². The summed E-state index contributed by atoms with van der Waals surface area (Å²) >= 11 is 0. The summed E-state index contributed by atoms with van der Waals surface area (Å²) in [7, 11) is 0. The second kappa shape index (κ2) is 7.26. The lowest BCUT2D eigenvalue weighted by Crippen LogP contribution is -2.46. The normalized spacial score (nSPS) is 23.9. The maximum atomic E-state index is 12.5. The third kappa shape index (κ3) is 3.72. The zero-order valence-electron chi connectivity index (χ0n) is 15.6. The van der Waals surface area contributed by atoms with E-state index in [9.17, 15) is 19.2 Å². The molecule has 0 aromatic heterocycles. The smallest absolute Gasteiger partial charge is 0.322 e. The molecule has 1 spiro atoms. The average Bonchev–Trinajstić information content (AvgIpc) is 3.14. The Balaban J connectivity index is 1.31. The molecule has 0 aliphatic carbocycles. The van der Waals surface area contributed by atoms with Crippen LogP contribution < -0.4 is 10.6 Å². The number of carbonyl (C=O) groups excluding carboxylic acids is 4. The second-order valence-corrected chi connectivity index (χ2v) is 8.01. The van der Waals surface area contributed by atoms with Crippen molar-refractivity contribution in [3.63, 3.8) is 0 Å². The molecule has 3 aliphatic rings. The van der Waals surface area contributed by atoms with Crippen LogP contribution in [0.1, 0.15) is 31.2 Å². The number of nitrogens with zero attached hydrogens (tertiary/aromatic N) is 2. The van der Waals surface area contributed by atoms with Crippen LogP contribution in [0.3, 0.4) is 0 Å². The Kier molecular flexibility index (Phi) is 4.78. The molecular weight excluding hydrogens is 360 g/mol. The van der Waals surface area contributed by atoms with Gasteiger partial charge in [0.15, 0.2) is 0 Å². The van der Waals surface area contributed by atoms with Crippen molar-refractivity contribution in [2.24, 2.45) is 5.41 Å². The monoisotopic (exact) mass is 384 g/mol. The fourth-order valence-electron chi connectivity index (χ4n) is 4.40. The van der Waals surface area contributed by atoms with E-state index in [2.05, 4.69) is 10.6 Å². The minimum absolute atomic E-state index is 0.0242. The van der Waals surface area contributed by atoms with Crippen molar-refractivity contribution in [3.8, 4) is 0 Å². The minimum atomic E-state index is -0.787.